The second-order valence-electron chi connectivity index (χ2n) is 6.00. The maximum atomic E-state index is 12.0. The lowest BCUT2D eigenvalue weighted by Crippen LogP contribution is -2.36. The van der Waals surface area contributed by atoms with E-state index in [0.717, 1.165) is 12.8 Å². The van der Waals surface area contributed by atoms with E-state index in [1.165, 1.54) is 30.3 Å². The minimum atomic E-state index is -0.426. The first-order chi connectivity index (χ1) is 10.0. The van der Waals surface area contributed by atoms with Crippen LogP contribution in [0, 0.1) is 5.92 Å². The van der Waals surface area contributed by atoms with Gasteiger partial charge in [0.15, 0.2) is 0 Å². The number of H-pyrrole nitrogens is 1. The highest BCUT2D eigenvalue weighted by atomic mass is 16.2. The van der Waals surface area contributed by atoms with Crippen LogP contribution in [0.15, 0.2) is 9.59 Å². The number of hydrogen-bond acceptors (Lipinski definition) is 4. The van der Waals surface area contributed by atoms with Gasteiger partial charge < -0.3 is 11.1 Å². The Hall–Kier alpha value is -1.72. The summed E-state index contributed by atoms with van der Waals surface area (Å²) in [5, 5.41) is 3.24. The predicted molar refractivity (Wildman–Crippen MR) is 85.7 cm³/mol. The molecule has 1 saturated carbocycles. The highest BCUT2D eigenvalue weighted by Crippen LogP contribution is 2.29. The number of unbranched alkanes of at least 4 members (excludes halogenated alkanes) is 1. The fourth-order valence-electron chi connectivity index (χ4n) is 3.07. The van der Waals surface area contributed by atoms with Gasteiger partial charge in [-0.3, -0.25) is 14.3 Å². The fraction of sp³-hybridized carbons (Fsp3) is 0.733. The van der Waals surface area contributed by atoms with Crippen molar-refractivity contribution in [1.29, 1.82) is 0 Å². The number of hydrogen-bond donors (Lipinski definition) is 3. The molecule has 118 valence electrons. The minimum Gasteiger partial charge on any atom is -0.383 e. The molecule has 2 rings (SSSR count). The lowest BCUT2D eigenvalue weighted by molar-refractivity contribution is 0.481. The van der Waals surface area contributed by atoms with Crippen molar-refractivity contribution in [3.05, 3.63) is 20.8 Å². The Labute approximate surface area is 124 Å². The van der Waals surface area contributed by atoms with Gasteiger partial charge >= 0.3 is 5.69 Å². The number of anilines is 2. The second kappa shape index (κ2) is 6.83. The largest absolute Gasteiger partial charge is 0.383 e. The summed E-state index contributed by atoms with van der Waals surface area (Å²) in [6, 6.07) is 0.188. The van der Waals surface area contributed by atoms with Gasteiger partial charge in [-0.15, -0.1) is 0 Å². The molecule has 0 radical (unpaired) electrons. The van der Waals surface area contributed by atoms with E-state index in [-0.39, 0.29) is 11.9 Å². The highest BCUT2D eigenvalue weighted by molar-refractivity contribution is 5.60. The van der Waals surface area contributed by atoms with Crippen LogP contribution in [-0.2, 0) is 6.54 Å². The van der Waals surface area contributed by atoms with E-state index in [1.54, 1.807) is 0 Å². The maximum Gasteiger partial charge on any atom is 0.330 e. The van der Waals surface area contributed by atoms with Gasteiger partial charge in [0, 0.05) is 12.6 Å². The standard InChI is InChI=1S/C15H26N4O2/c1-3-4-9-19-13(16)12(14(20)18-15(19)21)17-10(2)11-7-5-6-8-11/h10-11,17H,3-9,16H2,1-2H3,(H,18,20,21). The zero-order chi connectivity index (χ0) is 15.4. The van der Waals surface area contributed by atoms with Crippen LogP contribution in [-0.4, -0.2) is 15.6 Å². The highest BCUT2D eigenvalue weighted by Gasteiger charge is 2.23. The summed E-state index contributed by atoms with van der Waals surface area (Å²) >= 11 is 0. The van der Waals surface area contributed by atoms with Gasteiger partial charge in [-0.1, -0.05) is 26.2 Å². The molecule has 21 heavy (non-hydrogen) atoms. The average Bonchev–Trinajstić information content (AvgIpc) is 2.97. The molecule has 1 fully saturated rings. The molecule has 4 N–H and O–H groups in total. The maximum absolute atomic E-state index is 12.0. The van der Waals surface area contributed by atoms with Crippen molar-refractivity contribution < 1.29 is 0 Å². The molecule has 0 bridgehead atoms. The van der Waals surface area contributed by atoms with Crippen LogP contribution < -0.4 is 22.3 Å². The van der Waals surface area contributed by atoms with Gasteiger partial charge in [-0.2, -0.15) is 0 Å². The quantitative estimate of drug-likeness (QED) is 0.747. The monoisotopic (exact) mass is 294 g/mol. The summed E-state index contributed by atoms with van der Waals surface area (Å²) < 4.78 is 1.45. The molecule has 0 aromatic carbocycles. The molecule has 1 heterocycles. The first-order valence-electron chi connectivity index (χ1n) is 7.93. The van der Waals surface area contributed by atoms with Gasteiger partial charge in [0.25, 0.3) is 5.56 Å². The SMILES string of the molecule is CCCCn1c(N)c(NC(C)C2CCCC2)c(=O)[nH]c1=O. The van der Waals surface area contributed by atoms with Crippen LogP contribution in [0.1, 0.15) is 52.4 Å². The molecule has 6 heteroatoms. The summed E-state index contributed by atoms with van der Waals surface area (Å²) in [5.74, 6) is 0.821. The third kappa shape index (κ3) is 3.49. The molecule has 0 saturated heterocycles. The van der Waals surface area contributed by atoms with Gasteiger partial charge in [0.2, 0.25) is 0 Å². The molecule has 0 amide bonds. The summed E-state index contributed by atoms with van der Waals surface area (Å²) in [7, 11) is 0. The number of aromatic nitrogens is 2. The topological polar surface area (TPSA) is 92.9 Å². The normalized spacial score (nSPS) is 17.0. The second-order valence-corrected chi connectivity index (χ2v) is 6.00. The smallest absolute Gasteiger partial charge is 0.330 e. The number of rotatable bonds is 6. The Morgan fingerprint density at radius 3 is 2.67 bits per heavy atom. The molecule has 6 nitrogen and oxygen atoms in total. The van der Waals surface area contributed by atoms with Crippen molar-refractivity contribution in [1.82, 2.24) is 9.55 Å². The summed E-state index contributed by atoms with van der Waals surface area (Å²) in [5.41, 5.74) is 5.54. The van der Waals surface area contributed by atoms with E-state index in [4.69, 9.17) is 5.73 Å². The molecule has 1 atom stereocenters. The van der Waals surface area contributed by atoms with Crippen LogP contribution >= 0.6 is 0 Å². The number of aromatic amines is 1. The Morgan fingerprint density at radius 2 is 2.05 bits per heavy atom. The van der Waals surface area contributed by atoms with Crippen LogP contribution in [0.2, 0.25) is 0 Å². The van der Waals surface area contributed by atoms with Gasteiger partial charge in [-0.25, -0.2) is 4.79 Å². The molecule has 1 aliphatic rings. The average molecular weight is 294 g/mol. The van der Waals surface area contributed by atoms with Crippen molar-refractivity contribution >= 4 is 11.5 Å². The summed E-state index contributed by atoms with van der Waals surface area (Å²) in [6.45, 7) is 4.66. The number of nitrogen functional groups attached to an aromatic ring is 1. The van der Waals surface area contributed by atoms with Crippen LogP contribution in [0.5, 0.6) is 0 Å². The van der Waals surface area contributed by atoms with Crippen molar-refractivity contribution in [2.24, 2.45) is 5.92 Å². The summed E-state index contributed by atoms with van der Waals surface area (Å²) in [6.07, 6.45) is 6.68. The first-order valence-corrected chi connectivity index (χ1v) is 7.93. The molecule has 0 spiro atoms. The van der Waals surface area contributed by atoms with Crippen molar-refractivity contribution in [2.45, 2.75) is 65.0 Å². The molecular formula is C15H26N4O2. The molecule has 1 aromatic rings. The van der Waals surface area contributed by atoms with Crippen LogP contribution in [0.4, 0.5) is 11.5 Å². The number of nitrogens with one attached hydrogen (secondary N) is 2. The zero-order valence-electron chi connectivity index (χ0n) is 12.9. The Balaban J connectivity index is 2.25. The summed E-state index contributed by atoms with van der Waals surface area (Å²) in [4.78, 5) is 26.2. The van der Waals surface area contributed by atoms with E-state index < -0.39 is 11.2 Å². The van der Waals surface area contributed by atoms with Crippen molar-refractivity contribution in [3.63, 3.8) is 0 Å². The molecular weight excluding hydrogens is 268 g/mol. The lowest BCUT2D eigenvalue weighted by atomic mass is 10.00. The molecule has 1 aliphatic carbocycles. The predicted octanol–water partition coefficient (Wildman–Crippen LogP) is 1.91. The molecule has 1 aromatic heterocycles. The van der Waals surface area contributed by atoms with E-state index >= 15 is 0 Å². The molecule has 1 unspecified atom stereocenters. The van der Waals surface area contributed by atoms with Crippen LogP contribution in [0.3, 0.4) is 0 Å². The van der Waals surface area contributed by atoms with Crippen molar-refractivity contribution in [2.75, 3.05) is 11.1 Å². The van der Waals surface area contributed by atoms with E-state index in [2.05, 4.69) is 17.2 Å². The van der Waals surface area contributed by atoms with Gasteiger partial charge in [0.1, 0.15) is 11.5 Å². The van der Waals surface area contributed by atoms with Gasteiger partial charge in [0.05, 0.1) is 0 Å². The van der Waals surface area contributed by atoms with Crippen molar-refractivity contribution in [3.8, 4) is 0 Å². The third-order valence-corrected chi connectivity index (χ3v) is 4.45. The Bertz CT molecular complexity index is 584. The number of nitrogens with zero attached hydrogens (tertiary/aromatic N) is 1. The van der Waals surface area contributed by atoms with E-state index in [1.807, 2.05) is 6.92 Å². The zero-order valence-corrected chi connectivity index (χ0v) is 12.9. The Morgan fingerprint density at radius 1 is 1.38 bits per heavy atom. The lowest BCUT2D eigenvalue weighted by Gasteiger charge is -2.22. The minimum absolute atomic E-state index is 0.188. The van der Waals surface area contributed by atoms with Crippen LogP contribution in [0.25, 0.3) is 0 Å². The third-order valence-electron chi connectivity index (χ3n) is 4.45. The van der Waals surface area contributed by atoms with E-state index in [9.17, 15) is 9.59 Å². The van der Waals surface area contributed by atoms with Gasteiger partial charge in [-0.05, 0) is 32.1 Å². The Kier molecular flexibility index (Phi) is 5.09. The molecule has 0 aliphatic heterocycles. The van der Waals surface area contributed by atoms with E-state index in [0.29, 0.717) is 18.2 Å². The first kappa shape index (κ1) is 15.7. The fourth-order valence-corrected chi connectivity index (χ4v) is 3.07. The number of nitrogens with two attached hydrogens (primary N) is 1.